The Balaban J connectivity index is 1.41. The second-order valence-electron chi connectivity index (χ2n) is 9.68. The molecule has 5 rings (SSSR count). The van der Waals surface area contributed by atoms with E-state index in [2.05, 4.69) is 12.1 Å². The molecule has 0 radical (unpaired) electrons. The van der Waals surface area contributed by atoms with Crippen molar-refractivity contribution in [3.05, 3.63) is 89.2 Å². The van der Waals surface area contributed by atoms with E-state index in [1.165, 1.54) is 6.07 Å². The molecular weight excluding hydrogens is 471 g/mol. The van der Waals surface area contributed by atoms with E-state index >= 15 is 0 Å². The van der Waals surface area contributed by atoms with Gasteiger partial charge < -0.3 is 19.3 Å². The minimum absolute atomic E-state index is 0.0187. The van der Waals surface area contributed by atoms with Crippen LogP contribution >= 0.6 is 0 Å². The van der Waals surface area contributed by atoms with Crippen molar-refractivity contribution in [3.63, 3.8) is 0 Å². The highest BCUT2D eigenvalue weighted by Crippen LogP contribution is 2.45. The zero-order chi connectivity index (χ0) is 25.8. The summed E-state index contributed by atoms with van der Waals surface area (Å²) in [5.41, 5.74) is 5.35. The molecule has 1 aliphatic heterocycles. The number of carboxylic acids is 1. The van der Waals surface area contributed by atoms with Crippen LogP contribution in [0.4, 0.5) is 4.39 Å². The second kappa shape index (κ2) is 11.2. The molecule has 1 N–H and O–H groups in total. The molecule has 0 bridgehead atoms. The van der Waals surface area contributed by atoms with Crippen LogP contribution in [0.15, 0.2) is 66.7 Å². The Morgan fingerprint density at radius 1 is 1.05 bits per heavy atom. The zero-order valence-electron chi connectivity index (χ0n) is 20.9. The van der Waals surface area contributed by atoms with Gasteiger partial charge >= 0.3 is 5.97 Å². The van der Waals surface area contributed by atoms with Gasteiger partial charge in [0.15, 0.2) is 0 Å². The van der Waals surface area contributed by atoms with Crippen LogP contribution < -0.4 is 9.47 Å². The van der Waals surface area contributed by atoms with E-state index in [0.717, 1.165) is 47.1 Å². The number of carboxylic acid groups (broad SMARTS) is 1. The Labute approximate surface area is 216 Å². The predicted octanol–water partition coefficient (Wildman–Crippen LogP) is 6.85. The third kappa shape index (κ3) is 6.03. The minimum Gasteiger partial charge on any atom is -0.497 e. The second-order valence-corrected chi connectivity index (χ2v) is 9.68. The minimum atomic E-state index is -0.772. The summed E-state index contributed by atoms with van der Waals surface area (Å²) in [5, 5.41) is 9.35. The summed E-state index contributed by atoms with van der Waals surface area (Å²) in [7, 11) is 1.57. The molecular formula is C31H31FO5. The van der Waals surface area contributed by atoms with E-state index < -0.39 is 5.97 Å². The normalized spacial score (nSPS) is 16.1. The highest BCUT2D eigenvalue weighted by molar-refractivity contribution is 5.83. The van der Waals surface area contributed by atoms with E-state index in [4.69, 9.17) is 14.2 Å². The van der Waals surface area contributed by atoms with Gasteiger partial charge in [0.05, 0.1) is 26.7 Å². The molecule has 0 saturated heterocycles. The summed E-state index contributed by atoms with van der Waals surface area (Å²) < 4.78 is 31.9. The number of carbonyl (C=O) groups is 1. The molecule has 37 heavy (non-hydrogen) atoms. The molecule has 6 heteroatoms. The maximum atomic E-state index is 14.9. The van der Waals surface area contributed by atoms with Crippen molar-refractivity contribution >= 4 is 11.5 Å². The first kappa shape index (κ1) is 25.0. The maximum Gasteiger partial charge on any atom is 0.303 e. The summed E-state index contributed by atoms with van der Waals surface area (Å²) in [4.78, 5) is 11.4. The number of aliphatic carboxylic acids is 1. The molecule has 1 aliphatic carbocycles. The Kier molecular flexibility index (Phi) is 7.56. The SMILES string of the molecule is COc1ccc(F)c(-c2ccc(COc3cccc([C@@H](CC(=O)O)C4CC4)c3)cc2C2=CCOCC2)c1. The number of hydrogen-bond donors (Lipinski definition) is 1. The lowest BCUT2D eigenvalue weighted by Gasteiger charge is -2.19. The molecule has 0 spiro atoms. The van der Waals surface area contributed by atoms with Crippen LogP contribution in [-0.2, 0) is 16.1 Å². The van der Waals surface area contributed by atoms with Gasteiger partial charge in [-0.05, 0) is 95.3 Å². The maximum absolute atomic E-state index is 14.9. The predicted molar refractivity (Wildman–Crippen MR) is 140 cm³/mol. The number of halogens is 1. The van der Waals surface area contributed by atoms with E-state index in [1.54, 1.807) is 19.2 Å². The topological polar surface area (TPSA) is 65.0 Å². The lowest BCUT2D eigenvalue weighted by Crippen LogP contribution is -2.08. The average molecular weight is 503 g/mol. The Bertz CT molecular complexity index is 1310. The fraction of sp³-hybridized carbons (Fsp3) is 0.323. The average Bonchev–Trinajstić information content (AvgIpc) is 3.77. The van der Waals surface area contributed by atoms with E-state index in [1.807, 2.05) is 36.4 Å². The van der Waals surface area contributed by atoms with Crippen LogP contribution in [0.3, 0.4) is 0 Å². The van der Waals surface area contributed by atoms with Crippen molar-refractivity contribution < 1.29 is 28.5 Å². The molecule has 1 heterocycles. The van der Waals surface area contributed by atoms with Crippen molar-refractivity contribution in [2.45, 2.75) is 38.2 Å². The zero-order valence-corrected chi connectivity index (χ0v) is 20.9. The Hall–Kier alpha value is -3.64. The van der Waals surface area contributed by atoms with E-state index in [9.17, 15) is 14.3 Å². The van der Waals surface area contributed by atoms with Gasteiger partial charge in [-0.3, -0.25) is 4.79 Å². The number of rotatable bonds is 10. The first-order valence-electron chi connectivity index (χ1n) is 12.7. The third-order valence-electron chi connectivity index (χ3n) is 7.13. The quantitative estimate of drug-likeness (QED) is 0.328. The Morgan fingerprint density at radius 3 is 2.65 bits per heavy atom. The highest BCUT2D eigenvalue weighted by atomic mass is 19.1. The van der Waals surface area contributed by atoms with Crippen LogP contribution in [-0.4, -0.2) is 31.4 Å². The standard InChI is InChI=1S/C31H31FO5/c1-35-24-8-10-30(32)29(17-24)26-9-5-20(15-28(26)22-11-13-36-14-12-22)19-37-25-4-2-3-23(16-25)27(18-31(33)34)21-6-7-21/h2-5,8-11,15-17,21,27H,6-7,12-14,18-19H2,1H3,(H,33,34)/t27-/m0/s1. The molecule has 1 atom stereocenters. The summed E-state index contributed by atoms with van der Waals surface area (Å²) in [6.07, 6.45) is 5.09. The smallest absolute Gasteiger partial charge is 0.303 e. The first-order chi connectivity index (χ1) is 18.0. The molecule has 5 nitrogen and oxygen atoms in total. The van der Waals surface area contributed by atoms with Gasteiger partial charge in [-0.15, -0.1) is 0 Å². The van der Waals surface area contributed by atoms with Gasteiger partial charge in [-0.2, -0.15) is 0 Å². The van der Waals surface area contributed by atoms with Crippen molar-refractivity contribution in [1.82, 2.24) is 0 Å². The molecule has 0 unspecified atom stereocenters. The van der Waals surface area contributed by atoms with E-state index in [0.29, 0.717) is 42.8 Å². The molecule has 0 aromatic heterocycles. The van der Waals surface area contributed by atoms with Gasteiger partial charge in [0.1, 0.15) is 23.9 Å². The summed E-state index contributed by atoms with van der Waals surface area (Å²) in [6, 6.07) is 18.5. The van der Waals surface area contributed by atoms with Crippen LogP contribution in [0.5, 0.6) is 11.5 Å². The molecule has 3 aromatic rings. The van der Waals surface area contributed by atoms with Gasteiger partial charge in [-0.25, -0.2) is 4.39 Å². The van der Waals surface area contributed by atoms with Crippen molar-refractivity contribution in [1.29, 1.82) is 0 Å². The van der Waals surface area contributed by atoms with Gasteiger partial charge in [0, 0.05) is 5.56 Å². The van der Waals surface area contributed by atoms with Crippen LogP contribution in [0.25, 0.3) is 16.7 Å². The van der Waals surface area contributed by atoms with Gasteiger partial charge in [0.25, 0.3) is 0 Å². The van der Waals surface area contributed by atoms with E-state index in [-0.39, 0.29) is 18.2 Å². The van der Waals surface area contributed by atoms with Gasteiger partial charge in [-0.1, -0.05) is 30.3 Å². The number of hydrogen-bond acceptors (Lipinski definition) is 4. The largest absolute Gasteiger partial charge is 0.497 e. The van der Waals surface area contributed by atoms with Crippen molar-refractivity contribution in [2.75, 3.05) is 20.3 Å². The lowest BCUT2D eigenvalue weighted by atomic mass is 9.90. The van der Waals surface area contributed by atoms with Crippen molar-refractivity contribution in [3.8, 4) is 22.6 Å². The van der Waals surface area contributed by atoms with Crippen LogP contribution in [0.2, 0.25) is 0 Å². The molecule has 192 valence electrons. The first-order valence-corrected chi connectivity index (χ1v) is 12.7. The lowest BCUT2D eigenvalue weighted by molar-refractivity contribution is -0.137. The molecule has 2 aliphatic rings. The number of ether oxygens (including phenoxy) is 3. The molecule has 3 aromatic carbocycles. The summed E-state index contributed by atoms with van der Waals surface area (Å²) >= 11 is 0. The molecule has 1 fully saturated rings. The Morgan fingerprint density at radius 2 is 1.92 bits per heavy atom. The number of methoxy groups -OCH3 is 1. The van der Waals surface area contributed by atoms with Crippen LogP contribution in [0.1, 0.15) is 48.3 Å². The molecule has 0 amide bonds. The highest BCUT2D eigenvalue weighted by Gasteiger charge is 2.33. The van der Waals surface area contributed by atoms with Crippen LogP contribution in [0, 0.1) is 11.7 Å². The van der Waals surface area contributed by atoms with Crippen molar-refractivity contribution in [2.24, 2.45) is 5.92 Å². The monoisotopic (exact) mass is 502 g/mol. The summed E-state index contributed by atoms with van der Waals surface area (Å²) in [6.45, 7) is 1.49. The fourth-order valence-electron chi connectivity index (χ4n) is 5.04. The number of benzene rings is 3. The fourth-order valence-corrected chi connectivity index (χ4v) is 5.04. The third-order valence-corrected chi connectivity index (χ3v) is 7.13. The summed E-state index contributed by atoms with van der Waals surface area (Å²) in [5.74, 6) is 0.690. The van der Waals surface area contributed by atoms with Gasteiger partial charge in [0.2, 0.25) is 0 Å². The molecule has 1 saturated carbocycles.